The van der Waals surface area contributed by atoms with Crippen molar-refractivity contribution in [3.63, 3.8) is 0 Å². The average molecular weight is 476 g/mol. The van der Waals surface area contributed by atoms with Crippen molar-refractivity contribution in [3.05, 3.63) is 58.8 Å². The van der Waals surface area contributed by atoms with Crippen molar-refractivity contribution in [1.82, 2.24) is 19.9 Å². The second-order valence-corrected chi connectivity index (χ2v) is 9.23. The van der Waals surface area contributed by atoms with E-state index in [2.05, 4.69) is 39.0 Å². The molecule has 1 fully saturated rings. The maximum atomic E-state index is 14.7. The molecule has 4 rings (SSSR count). The van der Waals surface area contributed by atoms with Gasteiger partial charge in [-0.3, -0.25) is 0 Å². The Labute approximate surface area is 196 Å². The van der Waals surface area contributed by atoms with Crippen LogP contribution >= 0.6 is 0 Å². The fourth-order valence-electron chi connectivity index (χ4n) is 4.73. The molecule has 0 spiro atoms. The van der Waals surface area contributed by atoms with E-state index >= 15 is 0 Å². The van der Waals surface area contributed by atoms with E-state index in [-0.39, 0.29) is 5.56 Å². The molecule has 3 heterocycles. The van der Waals surface area contributed by atoms with Gasteiger partial charge in [-0.2, -0.15) is 13.2 Å². The SMILES string of the molecule is Cc1nc2ncnc(N[C@H](C)c3cccc(C(F)(F)F)c3F)c2cc1C1CCN(C(C)C)CC1. The van der Waals surface area contributed by atoms with Crippen LogP contribution in [0.3, 0.4) is 0 Å². The van der Waals surface area contributed by atoms with E-state index in [0.717, 1.165) is 43.3 Å². The van der Waals surface area contributed by atoms with Gasteiger partial charge in [-0.25, -0.2) is 19.3 Å². The minimum Gasteiger partial charge on any atom is -0.363 e. The topological polar surface area (TPSA) is 53.9 Å². The van der Waals surface area contributed by atoms with Crippen LogP contribution in [0.5, 0.6) is 0 Å². The summed E-state index contributed by atoms with van der Waals surface area (Å²) in [5.74, 6) is -0.499. The second-order valence-electron chi connectivity index (χ2n) is 9.23. The Hall–Kier alpha value is -2.81. The quantitative estimate of drug-likeness (QED) is 0.442. The van der Waals surface area contributed by atoms with Gasteiger partial charge in [-0.05, 0) is 77.2 Å². The number of hydrogen-bond donors (Lipinski definition) is 1. The lowest BCUT2D eigenvalue weighted by molar-refractivity contribution is -0.140. The van der Waals surface area contributed by atoms with Crippen LogP contribution in [0.2, 0.25) is 0 Å². The highest BCUT2D eigenvalue weighted by atomic mass is 19.4. The molecule has 1 aliphatic heterocycles. The highest BCUT2D eigenvalue weighted by molar-refractivity contribution is 5.87. The van der Waals surface area contributed by atoms with Crippen molar-refractivity contribution < 1.29 is 17.6 Å². The number of likely N-dealkylation sites (tertiary alicyclic amines) is 1. The molecular formula is C25H29F4N5. The van der Waals surface area contributed by atoms with Crippen molar-refractivity contribution in [3.8, 4) is 0 Å². The molecule has 1 N–H and O–H groups in total. The number of alkyl halides is 3. The first-order valence-electron chi connectivity index (χ1n) is 11.5. The first kappa shape index (κ1) is 24.3. The largest absolute Gasteiger partial charge is 0.419 e. The molecule has 0 amide bonds. The Morgan fingerprint density at radius 1 is 1.09 bits per heavy atom. The zero-order valence-corrected chi connectivity index (χ0v) is 19.7. The maximum Gasteiger partial charge on any atom is 0.419 e. The number of aryl methyl sites for hydroxylation is 1. The number of pyridine rings is 1. The van der Waals surface area contributed by atoms with Gasteiger partial charge in [0.15, 0.2) is 5.65 Å². The Morgan fingerprint density at radius 2 is 1.79 bits per heavy atom. The van der Waals surface area contributed by atoms with Crippen molar-refractivity contribution in [1.29, 1.82) is 0 Å². The standard InChI is InChI=1S/C25H29F4N5/c1-14(2)34-10-8-17(9-11-34)19-12-20-23(30-13-31-24(20)33-16(19)4)32-15(3)18-6-5-7-21(22(18)26)25(27,28)29/h5-7,12-15,17H,8-11H2,1-4H3,(H,30,31,32,33)/t15-/m1/s1. The van der Waals surface area contributed by atoms with Crippen molar-refractivity contribution >= 4 is 16.9 Å². The number of piperidine rings is 1. The molecule has 1 saturated heterocycles. The molecule has 182 valence electrons. The van der Waals surface area contributed by atoms with Crippen LogP contribution in [-0.2, 0) is 6.18 Å². The van der Waals surface area contributed by atoms with Crippen LogP contribution in [0.15, 0.2) is 30.6 Å². The lowest BCUT2D eigenvalue weighted by Gasteiger charge is -2.35. The fraction of sp³-hybridized carbons (Fsp3) is 0.480. The van der Waals surface area contributed by atoms with Crippen molar-refractivity contribution in [2.24, 2.45) is 0 Å². The van der Waals surface area contributed by atoms with E-state index in [4.69, 9.17) is 0 Å². The summed E-state index contributed by atoms with van der Waals surface area (Å²) >= 11 is 0. The fourth-order valence-corrected chi connectivity index (χ4v) is 4.73. The van der Waals surface area contributed by atoms with Crippen molar-refractivity contribution in [2.75, 3.05) is 18.4 Å². The van der Waals surface area contributed by atoms with E-state index in [1.165, 1.54) is 18.5 Å². The molecule has 1 aromatic carbocycles. The molecule has 34 heavy (non-hydrogen) atoms. The predicted molar refractivity (Wildman–Crippen MR) is 124 cm³/mol. The third-order valence-electron chi connectivity index (χ3n) is 6.71. The molecule has 0 saturated carbocycles. The number of rotatable bonds is 5. The molecule has 0 radical (unpaired) electrons. The number of anilines is 1. The number of nitrogens with zero attached hydrogens (tertiary/aromatic N) is 4. The summed E-state index contributed by atoms with van der Waals surface area (Å²) in [6.07, 6.45) is -1.36. The number of hydrogen-bond acceptors (Lipinski definition) is 5. The lowest BCUT2D eigenvalue weighted by Crippen LogP contribution is -2.38. The van der Waals surface area contributed by atoms with E-state index in [0.29, 0.717) is 28.8 Å². The van der Waals surface area contributed by atoms with Crippen LogP contribution in [0.4, 0.5) is 23.4 Å². The zero-order valence-electron chi connectivity index (χ0n) is 19.7. The minimum atomic E-state index is -4.76. The van der Waals surface area contributed by atoms with E-state index < -0.39 is 23.6 Å². The summed E-state index contributed by atoms with van der Waals surface area (Å²) in [4.78, 5) is 15.7. The molecule has 1 aliphatic rings. The van der Waals surface area contributed by atoms with Crippen LogP contribution in [-0.4, -0.2) is 39.0 Å². The highest BCUT2D eigenvalue weighted by Gasteiger charge is 2.35. The van der Waals surface area contributed by atoms with Gasteiger partial charge in [0.05, 0.1) is 17.0 Å². The summed E-state index contributed by atoms with van der Waals surface area (Å²) in [7, 11) is 0. The summed E-state index contributed by atoms with van der Waals surface area (Å²) < 4.78 is 54.2. The van der Waals surface area contributed by atoms with Gasteiger partial charge in [0.25, 0.3) is 0 Å². The van der Waals surface area contributed by atoms with Crippen LogP contribution < -0.4 is 5.32 Å². The van der Waals surface area contributed by atoms with Gasteiger partial charge in [-0.15, -0.1) is 0 Å². The average Bonchev–Trinajstić information content (AvgIpc) is 2.78. The number of benzene rings is 1. The van der Waals surface area contributed by atoms with Gasteiger partial charge >= 0.3 is 6.18 Å². The Balaban J connectivity index is 1.65. The van der Waals surface area contributed by atoms with Crippen LogP contribution in [0.1, 0.15) is 68.0 Å². The summed E-state index contributed by atoms with van der Waals surface area (Å²) in [5, 5.41) is 3.76. The number of halogens is 4. The first-order chi connectivity index (χ1) is 16.1. The normalized spacial score (nSPS) is 16.9. The third kappa shape index (κ3) is 4.85. The maximum absolute atomic E-state index is 14.7. The number of nitrogens with one attached hydrogen (secondary N) is 1. The van der Waals surface area contributed by atoms with Crippen LogP contribution in [0.25, 0.3) is 11.0 Å². The van der Waals surface area contributed by atoms with E-state index in [9.17, 15) is 17.6 Å². The van der Waals surface area contributed by atoms with E-state index in [1.807, 2.05) is 13.0 Å². The molecule has 0 aliphatic carbocycles. The Morgan fingerprint density at radius 3 is 2.44 bits per heavy atom. The molecule has 3 aromatic rings. The first-order valence-corrected chi connectivity index (χ1v) is 11.5. The molecule has 0 bridgehead atoms. The smallest absolute Gasteiger partial charge is 0.363 e. The van der Waals surface area contributed by atoms with Gasteiger partial charge < -0.3 is 10.2 Å². The lowest BCUT2D eigenvalue weighted by atomic mass is 9.87. The zero-order chi connectivity index (χ0) is 24.6. The second kappa shape index (κ2) is 9.44. The molecule has 0 unspecified atom stereocenters. The molecule has 2 aromatic heterocycles. The summed E-state index contributed by atoms with van der Waals surface area (Å²) in [6, 6.07) is 5.10. The minimum absolute atomic E-state index is 0.0806. The van der Waals surface area contributed by atoms with Crippen LogP contribution in [0, 0.1) is 12.7 Å². The number of aromatic nitrogens is 3. The summed E-state index contributed by atoms with van der Waals surface area (Å²) in [5.41, 5.74) is 1.18. The molecule has 9 heteroatoms. The van der Waals surface area contributed by atoms with Gasteiger partial charge in [0.1, 0.15) is 18.0 Å². The molecular weight excluding hydrogens is 446 g/mol. The third-order valence-corrected chi connectivity index (χ3v) is 6.71. The Kier molecular flexibility index (Phi) is 6.75. The highest BCUT2D eigenvalue weighted by Crippen LogP contribution is 2.36. The Bertz CT molecular complexity index is 1170. The number of fused-ring (bicyclic) bond motifs is 1. The monoisotopic (exact) mass is 475 g/mol. The van der Waals surface area contributed by atoms with Gasteiger partial charge in [0.2, 0.25) is 0 Å². The summed E-state index contributed by atoms with van der Waals surface area (Å²) in [6.45, 7) is 10.0. The van der Waals surface area contributed by atoms with E-state index in [1.54, 1.807) is 6.92 Å². The van der Waals surface area contributed by atoms with Crippen molar-refractivity contribution in [2.45, 2.75) is 64.7 Å². The molecule has 5 nitrogen and oxygen atoms in total. The van der Waals surface area contributed by atoms with Gasteiger partial charge in [-0.1, -0.05) is 12.1 Å². The molecule has 1 atom stereocenters. The predicted octanol–water partition coefficient (Wildman–Crippen LogP) is 6.25. The van der Waals surface area contributed by atoms with Gasteiger partial charge in [0, 0.05) is 17.3 Å².